The van der Waals surface area contributed by atoms with E-state index in [-0.39, 0.29) is 16.9 Å². The molecule has 0 amide bonds. The highest BCUT2D eigenvalue weighted by atomic mass is 33.1. The van der Waals surface area contributed by atoms with Crippen LogP contribution in [0.4, 0.5) is 0 Å². The lowest BCUT2D eigenvalue weighted by Gasteiger charge is -2.57. The normalized spacial score (nSPS) is 37.9. The molecule has 188 valence electrons. The van der Waals surface area contributed by atoms with Crippen LogP contribution in [0.1, 0.15) is 117 Å². The molecule has 4 aliphatic rings. The van der Waals surface area contributed by atoms with Gasteiger partial charge in [0.1, 0.15) is 5.78 Å². The summed E-state index contributed by atoms with van der Waals surface area (Å²) in [7, 11) is 4.22. The maximum Gasteiger partial charge on any atom is 0.139 e. The second kappa shape index (κ2) is 11.9. The molecule has 2 nitrogen and oxygen atoms in total. The average Bonchev–Trinajstić information content (AvgIpc) is 3.12. The van der Waals surface area contributed by atoms with Crippen molar-refractivity contribution in [3.63, 3.8) is 0 Å². The summed E-state index contributed by atoms with van der Waals surface area (Å²) >= 11 is 0. The SMILES string of the molecule is CCCCCCCCCCSSC[C@]12CC[C@H](O)CC1=CC[C@@H]1[C@@H]2CC[C@]2(C)C(=O)CC[C@@H]12. The topological polar surface area (TPSA) is 37.3 Å². The van der Waals surface area contributed by atoms with Gasteiger partial charge >= 0.3 is 0 Å². The zero-order chi connectivity index (χ0) is 23.3. The van der Waals surface area contributed by atoms with E-state index in [0.717, 1.165) is 50.9 Å². The number of carbonyl (C=O) groups is 1. The Balaban J connectivity index is 1.30. The number of aliphatic hydroxyl groups excluding tert-OH is 1. The number of unbranched alkanes of at least 4 members (excludes halogenated alkanes) is 7. The molecular formula is C29H48O2S2. The van der Waals surface area contributed by atoms with Crippen LogP contribution in [-0.2, 0) is 4.79 Å². The smallest absolute Gasteiger partial charge is 0.139 e. The molecule has 0 saturated heterocycles. The third kappa shape index (κ3) is 5.58. The molecule has 0 aliphatic heterocycles. The molecule has 4 rings (SSSR count). The maximum atomic E-state index is 12.7. The van der Waals surface area contributed by atoms with E-state index < -0.39 is 0 Å². The predicted octanol–water partition coefficient (Wildman–Crippen LogP) is 8.38. The number of hydrogen-bond donors (Lipinski definition) is 1. The summed E-state index contributed by atoms with van der Waals surface area (Å²) < 4.78 is 0. The highest BCUT2D eigenvalue weighted by molar-refractivity contribution is 8.76. The van der Waals surface area contributed by atoms with Gasteiger partial charge in [-0.2, -0.15) is 0 Å². The first-order valence-electron chi connectivity index (χ1n) is 14.2. The van der Waals surface area contributed by atoms with E-state index in [2.05, 4.69) is 41.5 Å². The van der Waals surface area contributed by atoms with Crippen LogP contribution in [0.3, 0.4) is 0 Å². The van der Waals surface area contributed by atoms with Crippen molar-refractivity contribution >= 4 is 27.4 Å². The van der Waals surface area contributed by atoms with Crippen molar-refractivity contribution < 1.29 is 9.90 Å². The molecule has 4 heteroatoms. The third-order valence-corrected chi connectivity index (χ3v) is 12.6. The zero-order valence-electron chi connectivity index (χ0n) is 21.3. The Hall–Kier alpha value is 0.0700. The van der Waals surface area contributed by atoms with E-state index in [1.165, 1.54) is 69.3 Å². The number of Topliss-reactive ketones (excluding diaryl/α,β-unsaturated/α-hetero) is 1. The minimum atomic E-state index is -0.141. The van der Waals surface area contributed by atoms with Crippen molar-refractivity contribution in [2.45, 2.75) is 123 Å². The fourth-order valence-electron chi connectivity index (χ4n) is 7.98. The van der Waals surface area contributed by atoms with Gasteiger partial charge < -0.3 is 5.11 Å². The van der Waals surface area contributed by atoms with Gasteiger partial charge in [0, 0.05) is 28.8 Å². The quantitative estimate of drug-likeness (QED) is 0.169. The van der Waals surface area contributed by atoms with Gasteiger partial charge in [-0.15, -0.1) is 0 Å². The second-order valence-corrected chi connectivity index (χ2v) is 14.5. The van der Waals surface area contributed by atoms with Gasteiger partial charge in [-0.1, -0.05) is 92.0 Å². The van der Waals surface area contributed by atoms with Gasteiger partial charge in [0.2, 0.25) is 0 Å². The molecule has 0 aromatic rings. The number of carbonyl (C=O) groups excluding carboxylic acids is 1. The van der Waals surface area contributed by atoms with Crippen LogP contribution in [0.5, 0.6) is 0 Å². The first-order valence-corrected chi connectivity index (χ1v) is 16.7. The van der Waals surface area contributed by atoms with Crippen molar-refractivity contribution in [1.29, 1.82) is 0 Å². The monoisotopic (exact) mass is 492 g/mol. The van der Waals surface area contributed by atoms with E-state index in [1.54, 1.807) is 5.57 Å². The number of fused-ring (bicyclic) bond motifs is 5. The van der Waals surface area contributed by atoms with Crippen LogP contribution in [0.15, 0.2) is 11.6 Å². The average molecular weight is 493 g/mol. The molecule has 0 spiro atoms. The number of hydrogen-bond acceptors (Lipinski definition) is 4. The van der Waals surface area contributed by atoms with Gasteiger partial charge in [0.05, 0.1) is 6.10 Å². The lowest BCUT2D eigenvalue weighted by atomic mass is 9.48. The van der Waals surface area contributed by atoms with Crippen molar-refractivity contribution in [3.05, 3.63) is 11.6 Å². The second-order valence-electron chi connectivity index (χ2n) is 11.9. The zero-order valence-corrected chi connectivity index (χ0v) is 22.9. The summed E-state index contributed by atoms with van der Waals surface area (Å²) in [4.78, 5) is 12.7. The van der Waals surface area contributed by atoms with E-state index in [0.29, 0.717) is 17.6 Å². The Morgan fingerprint density at radius 1 is 0.970 bits per heavy atom. The molecule has 0 unspecified atom stereocenters. The minimum absolute atomic E-state index is 0.0414. The summed E-state index contributed by atoms with van der Waals surface area (Å²) in [6.45, 7) is 4.57. The molecule has 1 N–H and O–H groups in total. The molecule has 0 heterocycles. The maximum absolute atomic E-state index is 12.7. The molecule has 0 aromatic carbocycles. The van der Waals surface area contributed by atoms with E-state index >= 15 is 0 Å². The number of rotatable bonds is 12. The molecule has 0 radical (unpaired) electrons. The Labute approximate surface area is 211 Å². The van der Waals surface area contributed by atoms with Crippen molar-refractivity contribution in [2.75, 3.05) is 11.5 Å². The molecule has 3 saturated carbocycles. The van der Waals surface area contributed by atoms with Crippen LogP contribution in [0, 0.1) is 28.6 Å². The first-order chi connectivity index (χ1) is 16.0. The highest BCUT2D eigenvalue weighted by Gasteiger charge is 2.59. The molecule has 3 fully saturated rings. The van der Waals surface area contributed by atoms with Crippen molar-refractivity contribution in [2.24, 2.45) is 28.6 Å². The van der Waals surface area contributed by atoms with Gasteiger partial charge in [-0.3, -0.25) is 4.79 Å². The van der Waals surface area contributed by atoms with Crippen LogP contribution < -0.4 is 0 Å². The van der Waals surface area contributed by atoms with Crippen LogP contribution in [-0.4, -0.2) is 28.5 Å². The van der Waals surface area contributed by atoms with Gasteiger partial charge in [0.25, 0.3) is 0 Å². The highest BCUT2D eigenvalue weighted by Crippen LogP contribution is 2.65. The predicted molar refractivity (Wildman–Crippen MR) is 145 cm³/mol. The van der Waals surface area contributed by atoms with E-state index in [1.807, 2.05) is 0 Å². The standard InChI is InChI=1S/C29H48O2S2/c1-3-4-5-6-7-8-9-10-19-32-33-21-29-18-15-23(30)20-22(29)11-12-24-25-13-14-27(31)28(25,2)17-16-26(24)29/h11,23-26,30H,3-10,12-21H2,1-2H3/t23-,24-,25-,26-,28-,29+/m0/s1. The van der Waals surface area contributed by atoms with Crippen molar-refractivity contribution in [1.82, 2.24) is 0 Å². The Bertz CT molecular complexity index is 691. The summed E-state index contributed by atoms with van der Waals surface area (Å²) in [5.41, 5.74) is 1.82. The molecule has 4 aliphatic carbocycles. The summed E-state index contributed by atoms with van der Waals surface area (Å²) in [6, 6.07) is 0. The van der Waals surface area contributed by atoms with Crippen LogP contribution in [0.25, 0.3) is 0 Å². The molecule has 33 heavy (non-hydrogen) atoms. The summed E-state index contributed by atoms with van der Waals surface area (Å²) in [6.07, 6.45) is 22.0. The van der Waals surface area contributed by atoms with Crippen LogP contribution >= 0.6 is 21.6 Å². The summed E-state index contributed by atoms with van der Waals surface area (Å²) in [5.74, 6) is 5.05. The van der Waals surface area contributed by atoms with Gasteiger partial charge in [-0.25, -0.2) is 0 Å². The summed E-state index contributed by atoms with van der Waals surface area (Å²) in [5, 5.41) is 10.4. The van der Waals surface area contributed by atoms with Crippen LogP contribution in [0.2, 0.25) is 0 Å². The van der Waals surface area contributed by atoms with Crippen molar-refractivity contribution in [3.8, 4) is 0 Å². The van der Waals surface area contributed by atoms with E-state index in [9.17, 15) is 9.90 Å². The number of allylic oxidation sites excluding steroid dienone is 1. The Morgan fingerprint density at radius 2 is 1.73 bits per heavy atom. The lowest BCUT2D eigenvalue weighted by molar-refractivity contribution is -0.131. The van der Waals surface area contributed by atoms with Gasteiger partial charge in [0.15, 0.2) is 0 Å². The molecule has 6 atom stereocenters. The lowest BCUT2D eigenvalue weighted by Crippen LogP contribution is -2.52. The van der Waals surface area contributed by atoms with E-state index in [4.69, 9.17) is 0 Å². The first kappa shape index (κ1) is 26.1. The Morgan fingerprint density at radius 3 is 2.52 bits per heavy atom. The fourth-order valence-corrected chi connectivity index (χ4v) is 10.8. The molecule has 0 bridgehead atoms. The largest absolute Gasteiger partial charge is 0.393 e. The fraction of sp³-hybridized carbons (Fsp3) is 0.897. The number of ketones is 1. The minimum Gasteiger partial charge on any atom is -0.393 e. The molecule has 0 aromatic heterocycles. The number of aliphatic hydroxyl groups is 1. The Kier molecular flexibility index (Phi) is 9.40. The molecular weight excluding hydrogens is 444 g/mol. The third-order valence-electron chi connectivity index (χ3n) is 9.99. The van der Waals surface area contributed by atoms with Gasteiger partial charge in [-0.05, 0) is 69.1 Å².